The molecule has 2 aliphatic heterocycles. The van der Waals surface area contributed by atoms with Crippen molar-refractivity contribution in [2.24, 2.45) is 0 Å². The third-order valence-corrected chi connectivity index (χ3v) is 7.21. The van der Waals surface area contributed by atoms with E-state index in [1.54, 1.807) is 11.8 Å². The highest BCUT2D eigenvalue weighted by atomic mass is 35.5. The first-order valence-electron chi connectivity index (χ1n) is 11.3. The topological polar surface area (TPSA) is 54.0 Å². The molecule has 5 rings (SSSR count). The Kier molecular flexibility index (Phi) is 7.25. The second-order valence-corrected chi connectivity index (χ2v) is 9.89. The number of nitrogens with one attached hydrogen (secondary N) is 1. The average Bonchev–Trinajstić information content (AvgIpc) is 3.31. The smallest absolute Gasteiger partial charge is 0.238 e. The number of carbonyl (C=O) groups is 1. The third-order valence-electron chi connectivity index (χ3n) is 5.88. The number of para-hydroxylation sites is 1. The molecule has 1 N–H and O–H groups in total. The maximum Gasteiger partial charge on any atom is 0.238 e. The zero-order valence-corrected chi connectivity index (χ0v) is 20.3. The average molecular weight is 496 g/mol. The van der Waals surface area contributed by atoms with Gasteiger partial charge in [0.15, 0.2) is 11.5 Å². The summed E-state index contributed by atoms with van der Waals surface area (Å²) in [5.41, 5.74) is 2.04. The zero-order chi connectivity index (χ0) is 23.3. The lowest BCUT2D eigenvalue weighted by Crippen LogP contribution is -2.48. The van der Waals surface area contributed by atoms with Gasteiger partial charge < -0.3 is 14.8 Å². The predicted molar refractivity (Wildman–Crippen MR) is 135 cm³/mol. The Labute approximate surface area is 208 Å². The summed E-state index contributed by atoms with van der Waals surface area (Å²) in [5.74, 6) is 1.64. The number of anilines is 1. The van der Waals surface area contributed by atoms with E-state index in [-0.39, 0.29) is 5.91 Å². The summed E-state index contributed by atoms with van der Waals surface area (Å²) in [4.78, 5) is 19.5. The number of ether oxygens (including phenoxy) is 2. The number of fused-ring (bicyclic) bond motifs is 1. The van der Waals surface area contributed by atoms with Crippen molar-refractivity contribution in [2.45, 2.75) is 16.3 Å². The predicted octanol–water partition coefficient (Wildman–Crippen LogP) is 4.98. The molecule has 0 radical (unpaired) electrons. The Morgan fingerprint density at radius 1 is 0.912 bits per heavy atom. The molecule has 1 amide bonds. The van der Waals surface area contributed by atoms with Crippen molar-refractivity contribution in [3.05, 3.63) is 77.3 Å². The first kappa shape index (κ1) is 23.1. The van der Waals surface area contributed by atoms with Crippen LogP contribution in [0.5, 0.6) is 11.5 Å². The van der Waals surface area contributed by atoms with E-state index in [1.165, 1.54) is 5.56 Å². The van der Waals surface area contributed by atoms with E-state index in [0.29, 0.717) is 18.4 Å². The fourth-order valence-corrected chi connectivity index (χ4v) is 5.11. The van der Waals surface area contributed by atoms with E-state index < -0.39 is 0 Å². The summed E-state index contributed by atoms with van der Waals surface area (Å²) in [6.07, 6.45) is 0. The summed E-state index contributed by atoms with van der Waals surface area (Å²) >= 11 is 7.60. The van der Waals surface area contributed by atoms with Gasteiger partial charge in [0.2, 0.25) is 12.7 Å². The lowest BCUT2D eigenvalue weighted by Gasteiger charge is -2.34. The third kappa shape index (κ3) is 5.85. The molecule has 3 aromatic rings. The van der Waals surface area contributed by atoms with Gasteiger partial charge in [0.25, 0.3) is 0 Å². The molecule has 1 fully saturated rings. The molecule has 6 nitrogen and oxygen atoms in total. The van der Waals surface area contributed by atoms with Gasteiger partial charge >= 0.3 is 0 Å². The number of piperazine rings is 1. The first-order valence-corrected chi connectivity index (χ1v) is 12.5. The molecule has 0 unspecified atom stereocenters. The molecular weight excluding hydrogens is 470 g/mol. The zero-order valence-electron chi connectivity index (χ0n) is 18.7. The Hall–Kier alpha value is -2.71. The van der Waals surface area contributed by atoms with Crippen molar-refractivity contribution < 1.29 is 14.3 Å². The molecule has 1 saturated heterocycles. The molecule has 0 saturated carbocycles. The van der Waals surface area contributed by atoms with Gasteiger partial charge in [0.05, 0.1) is 12.2 Å². The van der Waals surface area contributed by atoms with Crippen LogP contribution in [-0.4, -0.2) is 55.2 Å². The van der Waals surface area contributed by atoms with Gasteiger partial charge in [-0.15, -0.1) is 0 Å². The molecule has 8 heteroatoms. The molecule has 0 aromatic heterocycles. The highest BCUT2D eigenvalue weighted by Gasteiger charge is 2.21. The van der Waals surface area contributed by atoms with Crippen LogP contribution < -0.4 is 14.8 Å². The van der Waals surface area contributed by atoms with E-state index in [1.807, 2.05) is 54.6 Å². The summed E-state index contributed by atoms with van der Waals surface area (Å²) in [6.45, 7) is 5.11. The Morgan fingerprint density at radius 2 is 1.65 bits per heavy atom. The molecule has 0 atom stereocenters. The minimum Gasteiger partial charge on any atom is -0.454 e. The van der Waals surface area contributed by atoms with Crippen LogP contribution in [0.4, 0.5) is 5.69 Å². The van der Waals surface area contributed by atoms with Gasteiger partial charge in [-0.3, -0.25) is 14.6 Å². The molecule has 2 heterocycles. The number of hydrogen-bond donors (Lipinski definition) is 1. The van der Waals surface area contributed by atoms with E-state index in [0.717, 1.165) is 59.7 Å². The minimum absolute atomic E-state index is 0.00776. The van der Waals surface area contributed by atoms with Crippen LogP contribution in [0.25, 0.3) is 0 Å². The number of amides is 1. The Morgan fingerprint density at radius 3 is 2.47 bits per heavy atom. The number of carbonyl (C=O) groups excluding carboxylic acids is 1. The molecule has 0 aliphatic carbocycles. The molecular formula is C26H26ClN3O3S. The standard InChI is InChI=1S/C26H26ClN3O3S/c27-20-6-8-21(9-7-20)34-25-4-2-1-3-22(25)28-26(31)17-30-13-11-29(12-14-30)16-19-5-10-23-24(15-19)33-18-32-23/h1-10,15H,11-14,16-18H2,(H,28,31). The second kappa shape index (κ2) is 10.7. The molecule has 34 heavy (non-hydrogen) atoms. The van der Waals surface area contributed by atoms with E-state index in [9.17, 15) is 4.79 Å². The fraction of sp³-hybridized carbons (Fsp3) is 0.269. The molecule has 0 spiro atoms. The van der Waals surface area contributed by atoms with Gasteiger partial charge in [0, 0.05) is 47.5 Å². The van der Waals surface area contributed by atoms with E-state index in [2.05, 4.69) is 27.2 Å². The summed E-state index contributed by atoms with van der Waals surface area (Å²) in [6, 6.07) is 21.7. The van der Waals surface area contributed by atoms with Crippen LogP contribution >= 0.6 is 23.4 Å². The van der Waals surface area contributed by atoms with Crippen molar-refractivity contribution in [2.75, 3.05) is 44.8 Å². The van der Waals surface area contributed by atoms with Gasteiger partial charge in [0.1, 0.15) is 0 Å². The summed E-state index contributed by atoms with van der Waals surface area (Å²) in [7, 11) is 0. The largest absolute Gasteiger partial charge is 0.454 e. The van der Waals surface area contributed by atoms with Crippen LogP contribution in [0.3, 0.4) is 0 Å². The molecule has 176 valence electrons. The van der Waals surface area contributed by atoms with Crippen molar-refractivity contribution >= 4 is 35.0 Å². The molecule has 3 aromatic carbocycles. The monoisotopic (exact) mass is 495 g/mol. The van der Waals surface area contributed by atoms with Crippen molar-refractivity contribution in [1.29, 1.82) is 0 Å². The number of halogens is 1. The lowest BCUT2D eigenvalue weighted by atomic mass is 10.1. The van der Waals surface area contributed by atoms with E-state index >= 15 is 0 Å². The Bertz CT molecular complexity index is 1150. The number of rotatable bonds is 7. The van der Waals surface area contributed by atoms with Crippen molar-refractivity contribution in [1.82, 2.24) is 9.80 Å². The SMILES string of the molecule is O=C(CN1CCN(Cc2ccc3c(c2)OCO3)CC1)Nc1ccccc1Sc1ccc(Cl)cc1. The van der Waals surface area contributed by atoms with Gasteiger partial charge in [-0.1, -0.05) is 41.6 Å². The highest BCUT2D eigenvalue weighted by Crippen LogP contribution is 2.34. The van der Waals surface area contributed by atoms with Gasteiger partial charge in [-0.2, -0.15) is 0 Å². The lowest BCUT2D eigenvalue weighted by molar-refractivity contribution is -0.117. The maximum absolute atomic E-state index is 12.8. The van der Waals surface area contributed by atoms with Crippen LogP contribution in [0, 0.1) is 0 Å². The van der Waals surface area contributed by atoms with E-state index in [4.69, 9.17) is 21.1 Å². The second-order valence-electron chi connectivity index (χ2n) is 8.34. The van der Waals surface area contributed by atoms with Crippen LogP contribution in [0.2, 0.25) is 5.02 Å². The van der Waals surface area contributed by atoms with Gasteiger partial charge in [-0.05, 0) is 54.1 Å². The molecule has 2 aliphatic rings. The quantitative estimate of drug-likeness (QED) is 0.499. The first-order chi connectivity index (χ1) is 16.6. The summed E-state index contributed by atoms with van der Waals surface area (Å²) < 4.78 is 10.9. The van der Waals surface area contributed by atoms with Crippen molar-refractivity contribution in [3.63, 3.8) is 0 Å². The number of hydrogen-bond acceptors (Lipinski definition) is 6. The maximum atomic E-state index is 12.8. The van der Waals surface area contributed by atoms with Crippen LogP contribution in [-0.2, 0) is 11.3 Å². The number of benzene rings is 3. The minimum atomic E-state index is 0.00776. The molecule has 0 bridgehead atoms. The highest BCUT2D eigenvalue weighted by molar-refractivity contribution is 7.99. The normalized spacial score (nSPS) is 15.9. The fourth-order valence-electron chi connectivity index (χ4n) is 4.08. The van der Waals surface area contributed by atoms with Crippen LogP contribution in [0.1, 0.15) is 5.56 Å². The van der Waals surface area contributed by atoms with Crippen LogP contribution in [0.15, 0.2) is 76.5 Å². The number of nitrogens with zero attached hydrogens (tertiary/aromatic N) is 2. The Balaban J connectivity index is 1.11. The van der Waals surface area contributed by atoms with Crippen molar-refractivity contribution in [3.8, 4) is 11.5 Å². The van der Waals surface area contributed by atoms with Gasteiger partial charge in [-0.25, -0.2) is 0 Å². The summed E-state index contributed by atoms with van der Waals surface area (Å²) in [5, 5.41) is 3.81.